The number of hydrogen-bond acceptors (Lipinski definition) is 6. The molecule has 0 saturated carbocycles. The van der Waals surface area contributed by atoms with Gasteiger partial charge in [-0.2, -0.15) is 0 Å². The topological polar surface area (TPSA) is 99.6 Å². The fraction of sp³-hybridized carbons (Fsp3) is 0.342. The summed E-state index contributed by atoms with van der Waals surface area (Å²) < 4.78 is 12.5. The van der Waals surface area contributed by atoms with Crippen LogP contribution in [0.5, 0.6) is 5.75 Å². The number of likely N-dealkylation sites (tertiary alicyclic amines) is 1. The standard InChI is InChI=1S/C38H39N3O6/c1-3-37-20-10-22-39(24-26-12-6-4-7-13-26)34(43)31(37)32-35(44)41(30(25-42)27-14-8-5-9-15-27)33-36(45)40(23-11-21-38(32,33)47-37)28-16-18-29(46-2)19-17-28/h4-21,30-33,42H,3,22-25H2,1-2H3/t30-,31-,32+,33?,37+,38+/m1/s1. The molecule has 0 radical (unpaired) electrons. The first-order valence-corrected chi connectivity index (χ1v) is 16.2. The predicted molar refractivity (Wildman–Crippen MR) is 176 cm³/mol. The van der Waals surface area contributed by atoms with Gasteiger partial charge in [-0.15, -0.1) is 0 Å². The van der Waals surface area contributed by atoms with E-state index in [2.05, 4.69) is 0 Å². The van der Waals surface area contributed by atoms with Crippen molar-refractivity contribution in [1.82, 2.24) is 9.80 Å². The molecule has 6 atom stereocenters. The minimum atomic E-state index is -1.45. The largest absolute Gasteiger partial charge is 0.497 e. The van der Waals surface area contributed by atoms with Crippen LogP contribution in [0.15, 0.2) is 109 Å². The molecule has 7 rings (SSSR count). The number of anilines is 1. The van der Waals surface area contributed by atoms with Crippen LogP contribution in [-0.4, -0.2) is 76.7 Å². The Hall–Kier alpha value is -4.73. The Morgan fingerprint density at radius 2 is 1.53 bits per heavy atom. The lowest BCUT2D eigenvalue weighted by molar-refractivity contribution is -0.153. The fourth-order valence-corrected chi connectivity index (χ4v) is 8.06. The summed E-state index contributed by atoms with van der Waals surface area (Å²) in [5, 5.41) is 10.9. The van der Waals surface area contributed by atoms with Crippen molar-refractivity contribution >= 4 is 23.4 Å². The van der Waals surface area contributed by atoms with Gasteiger partial charge < -0.3 is 29.3 Å². The Bertz CT molecular complexity index is 1710. The zero-order chi connectivity index (χ0) is 32.8. The number of ether oxygens (including phenoxy) is 2. The van der Waals surface area contributed by atoms with Crippen LogP contribution in [0.3, 0.4) is 0 Å². The third kappa shape index (κ3) is 4.87. The first-order valence-electron chi connectivity index (χ1n) is 16.2. The van der Waals surface area contributed by atoms with Crippen LogP contribution in [-0.2, 0) is 25.7 Å². The summed E-state index contributed by atoms with van der Waals surface area (Å²) in [6, 6.07) is 24.2. The molecule has 2 saturated heterocycles. The number of nitrogens with zero attached hydrogens (tertiary/aromatic N) is 3. The predicted octanol–water partition coefficient (Wildman–Crippen LogP) is 4.29. The van der Waals surface area contributed by atoms with E-state index in [1.807, 2.05) is 104 Å². The van der Waals surface area contributed by atoms with Gasteiger partial charge in [0.15, 0.2) is 0 Å². The molecule has 2 fully saturated rings. The number of rotatable bonds is 8. The number of methoxy groups -OCH3 is 1. The van der Waals surface area contributed by atoms with E-state index < -0.39 is 41.7 Å². The van der Waals surface area contributed by atoms with E-state index in [4.69, 9.17) is 9.47 Å². The molecule has 3 aromatic rings. The van der Waals surface area contributed by atoms with Gasteiger partial charge in [0.25, 0.3) is 5.91 Å². The molecule has 3 aromatic carbocycles. The average Bonchev–Trinajstić information content (AvgIpc) is 3.40. The number of fused-ring (bicyclic) bond motifs is 2. The Balaban J connectivity index is 1.37. The number of benzene rings is 3. The smallest absolute Gasteiger partial charge is 0.253 e. The second-order valence-corrected chi connectivity index (χ2v) is 12.6. The summed E-state index contributed by atoms with van der Waals surface area (Å²) in [5.41, 5.74) is -0.248. The zero-order valence-corrected chi connectivity index (χ0v) is 26.6. The number of carbonyl (C=O) groups is 3. The monoisotopic (exact) mass is 633 g/mol. The van der Waals surface area contributed by atoms with E-state index in [1.165, 1.54) is 4.90 Å². The fourth-order valence-electron chi connectivity index (χ4n) is 8.06. The molecule has 4 aliphatic rings. The second kappa shape index (κ2) is 12.1. The lowest BCUT2D eigenvalue weighted by atomic mass is 9.73. The number of aliphatic hydroxyl groups excluding tert-OH is 1. The van der Waals surface area contributed by atoms with E-state index in [1.54, 1.807) is 29.0 Å². The molecule has 47 heavy (non-hydrogen) atoms. The maximum atomic E-state index is 15.1. The molecule has 0 aliphatic carbocycles. The highest BCUT2D eigenvalue weighted by atomic mass is 16.5. The zero-order valence-electron chi connectivity index (χ0n) is 26.6. The van der Waals surface area contributed by atoms with Crippen molar-refractivity contribution in [3.8, 4) is 5.75 Å². The van der Waals surface area contributed by atoms with Gasteiger partial charge in [0, 0.05) is 25.3 Å². The van der Waals surface area contributed by atoms with Crippen molar-refractivity contribution in [3.05, 3.63) is 120 Å². The molecular weight excluding hydrogens is 594 g/mol. The van der Waals surface area contributed by atoms with E-state index in [9.17, 15) is 14.7 Å². The van der Waals surface area contributed by atoms with E-state index in [0.29, 0.717) is 36.5 Å². The molecule has 242 valence electrons. The number of aliphatic hydroxyl groups is 1. The molecule has 4 heterocycles. The lowest BCUT2D eigenvalue weighted by Gasteiger charge is -2.41. The summed E-state index contributed by atoms with van der Waals surface area (Å²) in [4.78, 5) is 49.7. The van der Waals surface area contributed by atoms with Gasteiger partial charge in [-0.3, -0.25) is 14.4 Å². The minimum Gasteiger partial charge on any atom is -0.497 e. The number of hydrogen-bond donors (Lipinski definition) is 1. The molecule has 4 aliphatic heterocycles. The minimum absolute atomic E-state index is 0.186. The Morgan fingerprint density at radius 1 is 0.851 bits per heavy atom. The van der Waals surface area contributed by atoms with Crippen LogP contribution in [0.25, 0.3) is 0 Å². The summed E-state index contributed by atoms with van der Waals surface area (Å²) in [7, 11) is 1.58. The summed E-state index contributed by atoms with van der Waals surface area (Å²) in [5.74, 6) is -2.12. The van der Waals surface area contributed by atoms with Gasteiger partial charge in [-0.1, -0.05) is 91.9 Å². The normalized spacial score (nSPS) is 28.9. The lowest BCUT2D eigenvalue weighted by Crippen LogP contribution is -2.57. The molecule has 1 spiro atoms. The van der Waals surface area contributed by atoms with Crippen LogP contribution in [0.2, 0.25) is 0 Å². The molecule has 0 aromatic heterocycles. The van der Waals surface area contributed by atoms with Crippen LogP contribution in [0, 0.1) is 11.8 Å². The van der Waals surface area contributed by atoms with Gasteiger partial charge in [-0.25, -0.2) is 0 Å². The highest BCUT2D eigenvalue weighted by Gasteiger charge is 2.76. The maximum absolute atomic E-state index is 15.1. The molecule has 1 unspecified atom stereocenters. The highest BCUT2D eigenvalue weighted by Crippen LogP contribution is 2.60. The van der Waals surface area contributed by atoms with Crippen molar-refractivity contribution < 1.29 is 29.0 Å². The van der Waals surface area contributed by atoms with Crippen LogP contribution >= 0.6 is 0 Å². The molecule has 9 nitrogen and oxygen atoms in total. The third-order valence-corrected chi connectivity index (χ3v) is 10.3. The van der Waals surface area contributed by atoms with Gasteiger partial charge >= 0.3 is 0 Å². The molecule has 9 heteroatoms. The van der Waals surface area contributed by atoms with Gasteiger partial charge in [0.1, 0.15) is 17.4 Å². The maximum Gasteiger partial charge on any atom is 0.253 e. The Labute approximate surface area is 274 Å². The van der Waals surface area contributed by atoms with E-state index in [-0.39, 0.29) is 24.3 Å². The summed E-state index contributed by atoms with van der Waals surface area (Å²) in [6.07, 6.45) is 8.03. The first kappa shape index (κ1) is 30.9. The molecule has 3 amide bonds. The van der Waals surface area contributed by atoms with E-state index >= 15 is 4.79 Å². The van der Waals surface area contributed by atoms with Crippen LogP contribution in [0.1, 0.15) is 30.5 Å². The van der Waals surface area contributed by atoms with Crippen LogP contribution in [0.4, 0.5) is 5.69 Å². The Kier molecular flexibility index (Phi) is 7.98. The van der Waals surface area contributed by atoms with Crippen molar-refractivity contribution in [2.75, 3.05) is 31.7 Å². The summed E-state index contributed by atoms with van der Waals surface area (Å²) >= 11 is 0. The van der Waals surface area contributed by atoms with Gasteiger partial charge in [0.2, 0.25) is 11.8 Å². The average molecular weight is 634 g/mol. The molecule has 1 N–H and O–H groups in total. The van der Waals surface area contributed by atoms with Crippen molar-refractivity contribution in [2.24, 2.45) is 11.8 Å². The summed E-state index contributed by atoms with van der Waals surface area (Å²) in [6.45, 7) is 2.54. The van der Waals surface area contributed by atoms with Crippen molar-refractivity contribution in [1.29, 1.82) is 0 Å². The van der Waals surface area contributed by atoms with Crippen LogP contribution < -0.4 is 9.64 Å². The first-order chi connectivity index (χ1) is 22.9. The third-order valence-electron chi connectivity index (χ3n) is 10.3. The van der Waals surface area contributed by atoms with Gasteiger partial charge in [0.05, 0.1) is 37.2 Å². The molecule has 0 bridgehead atoms. The van der Waals surface area contributed by atoms with Gasteiger partial charge in [-0.05, 0) is 41.8 Å². The molecular formula is C38H39N3O6. The highest BCUT2D eigenvalue weighted by molar-refractivity contribution is 6.06. The van der Waals surface area contributed by atoms with E-state index in [0.717, 1.165) is 5.56 Å². The Morgan fingerprint density at radius 3 is 2.19 bits per heavy atom. The number of carbonyl (C=O) groups excluding carboxylic acids is 3. The van der Waals surface area contributed by atoms with Crippen molar-refractivity contribution in [3.63, 3.8) is 0 Å². The quantitative estimate of drug-likeness (QED) is 0.372. The SMILES string of the molecule is CC[C@]12C=CCN(Cc3ccccc3)C(=O)[C@H]1[C@H]1C(=O)N([C@H](CO)c3ccccc3)C3C(=O)N(c4ccc(OC)cc4)CC=C[C@@]31O2. The second-order valence-electron chi connectivity index (χ2n) is 12.6. The van der Waals surface area contributed by atoms with Crippen molar-refractivity contribution in [2.45, 2.75) is 43.2 Å². The number of amides is 3.